The second-order valence-electron chi connectivity index (χ2n) is 6.73. The zero-order valence-electron chi connectivity index (χ0n) is 11.1. The van der Waals surface area contributed by atoms with E-state index in [0.29, 0.717) is 18.4 Å². The van der Waals surface area contributed by atoms with Crippen LogP contribution in [0, 0.1) is 46.8 Å². The van der Waals surface area contributed by atoms with E-state index in [1.807, 2.05) is 6.92 Å². The van der Waals surface area contributed by atoms with Crippen LogP contribution in [0.1, 0.15) is 39.0 Å². The van der Waals surface area contributed by atoms with Crippen molar-refractivity contribution < 1.29 is 4.79 Å². The minimum Gasteiger partial charge on any atom is -0.355 e. The molecular formula is C15H22N2O. The Labute approximate surface area is 109 Å². The van der Waals surface area contributed by atoms with E-state index in [1.54, 1.807) is 0 Å². The van der Waals surface area contributed by atoms with Crippen molar-refractivity contribution in [2.24, 2.45) is 35.5 Å². The first kappa shape index (κ1) is 12.0. The minimum atomic E-state index is -0.0780. The molecule has 1 amide bonds. The Kier molecular flexibility index (Phi) is 3.05. The maximum Gasteiger partial charge on any atom is 0.223 e. The number of nitrogens with zero attached hydrogens (tertiary/aromatic N) is 1. The molecule has 4 bridgehead atoms. The first-order valence-corrected chi connectivity index (χ1v) is 7.34. The molecule has 4 aliphatic carbocycles. The highest BCUT2D eigenvalue weighted by Gasteiger charge is 2.50. The van der Waals surface area contributed by atoms with Gasteiger partial charge in [-0.05, 0) is 62.7 Å². The molecule has 0 aromatic heterocycles. The summed E-state index contributed by atoms with van der Waals surface area (Å²) in [6, 6.07) is 2.17. The summed E-state index contributed by atoms with van der Waals surface area (Å²) in [5, 5.41) is 11.8. The van der Waals surface area contributed by atoms with Gasteiger partial charge in [0.1, 0.15) is 0 Å². The van der Waals surface area contributed by atoms with Gasteiger partial charge in [0, 0.05) is 12.5 Å². The fraction of sp³-hybridized carbons (Fsp3) is 0.867. The van der Waals surface area contributed by atoms with Crippen LogP contribution in [0.5, 0.6) is 0 Å². The summed E-state index contributed by atoms with van der Waals surface area (Å²) >= 11 is 0. The average molecular weight is 246 g/mol. The Balaban J connectivity index is 1.62. The number of carbonyl (C=O) groups excluding carboxylic acids is 1. The van der Waals surface area contributed by atoms with Crippen LogP contribution in [0.2, 0.25) is 0 Å². The van der Waals surface area contributed by atoms with Gasteiger partial charge in [-0.1, -0.05) is 0 Å². The van der Waals surface area contributed by atoms with Gasteiger partial charge in [-0.3, -0.25) is 4.79 Å². The fourth-order valence-electron chi connectivity index (χ4n) is 4.77. The molecule has 0 aromatic rings. The van der Waals surface area contributed by atoms with Gasteiger partial charge >= 0.3 is 0 Å². The lowest BCUT2D eigenvalue weighted by Gasteiger charge is -2.53. The fourth-order valence-corrected chi connectivity index (χ4v) is 4.77. The van der Waals surface area contributed by atoms with Crippen LogP contribution >= 0.6 is 0 Å². The summed E-state index contributed by atoms with van der Waals surface area (Å²) in [4.78, 5) is 12.3. The molecule has 1 unspecified atom stereocenters. The number of hydrogen-bond acceptors (Lipinski definition) is 2. The Morgan fingerprint density at radius 3 is 2.28 bits per heavy atom. The third-order valence-corrected chi connectivity index (χ3v) is 5.33. The molecule has 98 valence electrons. The summed E-state index contributed by atoms with van der Waals surface area (Å²) in [5.74, 6) is 3.50. The van der Waals surface area contributed by atoms with Crippen LogP contribution in [0.3, 0.4) is 0 Å². The largest absolute Gasteiger partial charge is 0.355 e. The molecule has 4 fully saturated rings. The molecule has 0 spiro atoms. The van der Waals surface area contributed by atoms with E-state index < -0.39 is 0 Å². The zero-order chi connectivity index (χ0) is 12.7. The molecule has 4 aliphatic rings. The van der Waals surface area contributed by atoms with E-state index in [1.165, 1.54) is 32.1 Å². The van der Waals surface area contributed by atoms with E-state index in [0.717, 1.165) is 11.8 Å². The van der Waals surface area contributed by atoms with Crippen molar-refractivity contribution in [3.8, 4) is 6.07 Å². The van der Waals surface area contributed by atoms with Gasteiger partial charge in [0.2, 0.25) is 5.91 Å². The normalized spacial score (nSPS) is 42.3. The molecular weight excluding hydrogens is 224 g/mol. The Bertz CT molecular complexity index is 356. The number of carbonyl (C=O) groups is 1. The third-order valence-electron chi connectivity index (χ3n) is 5.33. The highest BCUT2D eigenvalue weighted by molar-refractivity contribution is 5.79. The maximum absolute atomic E-state index is 12.3. The topological polar surface area (TPSA) is 52.9 Å². The lowest BCUT2D eigenvalue weighted by atomic mass is 9.51. The molecule has 18 heavy (non-hydrogen) atoms. The summed E-state index contributed by atoms with van der Waals surface area (Å²) in [7, 11) is 0. The molecule has 0 saturated heterocycles. The first-order valence-electron chi connectivity index (χ1n) is 7.34. The molecule has 4 saturated carbocycles. The lowest BCUT2D eigenvalue weighted by molar-refractivity contribution is -0.138. The monoisotopic (exact) mass is 246 g/mol. The predicted molar refractivity (Wildman–Crippen MR) is 68.3 cm³/mol. The van der Waals surface area contributed by atoms with Gasteiger partial charge in [-0.2, -0.15) is 5.26 Å². The van der Waals surface area contributed by atoms with Crippen molar-refractivity contribution in [2.45, 2.75) is 39.0 Å². The van der Waals surface area contributed by atoms with Crippen molar-refractivity contribution in [1.29, 1.82) is 5.26 Å². The van der Waals surface area contributed by atoms with Crippen LogP contribution in [0.25, 0.3) is 0 Å². The Morgan fingerprint density at radius 2 is 1.78 bits per heavy atom. The highest BCUT2D eigenvalue weighted by atomic mass is 16.1. The van der Waals surface area contributed by atoms with Gasteiger partial charge in [0.05, 0.1) is 12.0 Å². The number of nitriles is 1. The molecule has 1 N–H and O–H groups in total. The van der Waals surface area contributed by atoms with Gasteiger partial charge in [0.25, 0.3) is 0 Å². The van der Waals surface area contributed by atoms with Crippen LogP contribution < -0.4 is 5.32 Å². The minimum absolute atomic E-state index is 0.0780. The number of rotatable bonds is 3. The quantitative estimate of drug-likeness (QED) is 0.831. The van der Waals surface area contributed by atoms with Crippen molar-refractivity contribution in [3.63, 3.8) is 0 Å². The summed E-state index contributed by atoms with van der Waals surface area (Å²) in [5.41, 5.74) is 0. The summed E-state index contributed by atoms with van der Waals surface area (Å²) < 4.78 is 0. The van der Waals surface area contributed by atoms with E-state index in [9.17, 15) is 4.79 Å². The Hall–Kier alpha value is -1.04. The van der Waals surface area contributed by atoms with Gasteiger partial charge in [0.15, 0.2) is 0 Å². The lowest BCUT2D eigenvalue weighted by Crippen LogP contribution is -2.51. The molecule has 0 aliphatic heterocycles. The van der Waals surface area contributed by atoms with Gasteiger partial charge in [-0.25, -0.2) is 0 Å². The number of hydrogen-bond donors (Lipinski definition) is 1. The van der Waals surface area contributed by atoms with Gasteiger partial charge < -0.3 is 5.32 Å². The third kappa shape index (κ3) is 2.02. The van der Waals surface area contributed by atoms with E-state index >= 15 is 0 Å². The van der Waals surface area contributed by atoms with Crippen LogP contribution in [-0.2, 0) is 4.79 Å². The van der Waals surface area contributed by atoms with Gasteiger partial charge in [-0.15, -0.1) is 0 Å². The Morgan fingerprint density at radius 1 is 1.22 bits per heavy atom. The highest BCUT2D eigenvalue weighted by Crippen LogP contribution is 2.56. The molecule has 0 radical (unpaired) electrons. The van der Waals surface area contributed by atoms with E-state index in [2.05, 4.69) is 11.4 Å². The van der Waals surface area contributed by atoms with Crippen molar-refractivity contribution >= 4 is 5.91 Å². The predicted octanol–water partition coefficient (Wildman–Crippen LogP) is 2.33. The zero-order valence-corrected chi connectivity index (χ0v) is 11.1. The number of amides is 1. The van der Waals surface area contributed by atoms with Crippen molar-refractivity contribution in [2.75, 3.05) is 6.54 Å². The van der Waals surface area contributed by atoms with Crippen LogP contribution in [0.15, 0.2) is 0 Å². The second-order valence-corrected chi connectivity index (χ2v) is 6.73. The summed E-state index contributed by atoms with van der Waals surface area (Å²) in [6.07, 6.45) is 6.53. The van der Waals surface area contributed by atoms with Crippen LogP contribution in [-0.4, -0.2) is 12.5 Å². The SMILES string of the molecule is CC(C#N)CNC(=O)C1C2CC3CC(C2)CC1C3. The van der Waals surface area contributed by atoms with Crippen molar-refractivity contribution in [3.05, 3.63) is 0 Å². The van der Waals surface area contributed by atoms with Crippen LogP contribution in [0.4, 0.5) is 0 Å². The molecule has 0 heterocycles. The molecule has 0 aromatic carbocycles. The standard InChI is InChI=1S/C15H22N2O/c1-9(7-16)8-17-15(18)14-12-3-10-2-11(5-12)6-13(14)4-10/h9-14H,2-6,8H2,1H3,(H,17,18). The molecule has 1 atom stereocenters. The average Bonchev–Trinajstić information content (AvgIpc) is 2.34. The van der Waals surface area contributed by atoms with E-state index in [4.69, 9.17) is 5.26 Å². The maximum atomic E-state index is 12.3. The summed E-state index contributed by atoms with van der Waals surface area (Å²) in [6.45, 7) is 2.37. The molecule has 4 rings (SSSR count). The second kappa shape index (κ2) is 4.57. The van der Waals surface area contributed by atoms with Crippen molar-refractivity contribution in [1.82, 2.24) is 5.32 Å². The smallest absolute Gasteiger partial charge is 0.223 e. The first-order chi connectivity index (χ1) is 8.67. The van der Waals surface area contributed by atoms with E-state index in [-0.39, 0.29) is 17.7 Å². The molecule has 3 nitrogen and oxygen atoms in total. The number of nitrogens with one attached hydrogen (secondary N) is 1. The molecule has 3 heteroatoms.